The van der Waals surface area contributed by atoms with Gasteiger partial charge in [-0.1, -0.05) is 13.8 Å². The number of carbonyl (C=O) groups is 3. The number of amides is 2. The first kappa shape index (κ1) is 24.9. The minimum atomic E-state index is -1.18. The molecular weight excluding hydrogens is 392 g/mol. The summed E-state index contributed by atoms with van der Waals surface area (Å²) in [6.07, 6.45) is 4.10. The Balaban J connectivity index is 2.72. The van der Waals surface area contributed by atoms with Crippen LogP contribution in [0.5, 0.6) is 0 Å². The number of carboxylic acids is 1. The first-order valence-corrected chi connectivity index (χ1v) is 9.71. The van der Waals surface area contributed by atoms with Crippen LogP contribution in [0.4, 0.5) is 0 Å². The average molecular weight is 425 g/mol. The Labute approximate surface area is 175 Å². The first-order chi connectivity index (χ1) is 14.1. The van der Waals surface area contributed by atoms with Gasteiger partial charge in [0.25, 0.3) is 0 Å². The van der Waals surface area contributed by atoms with Gasteiger partial charge < -0.3 is 37.9 Å². The zero-order valence-electron chi connectivity index (χ0n) is 17.3. The monoisotopic (exact) mass is 424 g/mol. The van der Waals surface area contributed by atoms with Gasteiger partial charge in [0.2, 0.25) is 11.8 Å². The number of imidazole rings is 1. The molecule has 0 saturated carbocycles. The predicted molar refractivity (Wildman–Crippen MR) is 111 cm³/mol. The zero-order valence-corrected chi connectivity index (χ0v) is 17.3. The minimum absolute atomic E-state index is 0.0787. The fourth-order valence-electron chi connectivity index (χ4n) is 2.74. The quantitative estimate of drug-likeness (QED) is 0.111. The molecule has 12 nitrogen and oxygen atoms in total. The molecule has 0 aliphatic heterocycles. The van der Waals surface area contributed by atoms with Crippen LogP contribution in [0.25, 0.3) is 0 Å². The number of carbonyl (C=O) groups excluding carboxylic acids is 2. The highest BCUT2D eigenvalue weighted by Crippen LogP contribution is 2.08. The number of H-pyrrole nitrogens is 1. The van der Waals surface area contributed by atoms with Crippen LogP contribution in [0, 0.1) is 5.92 Å². The molecule has 0 bridgehead atoms. The lowest BCUT2D eigenvalue weighted by molar-refractivity contribution is -0.142. The van der Waals surface area contributed by atoms with Crippen LogP contribution in [-0.2, 0) is 20.8 Å². The zero-order chi connectivity index (χ0) is 22.7. The van der Waals surface area contributed by atoms with E-state index in [1.165, 1.54) is 6.33 Å². The number of aromatic amines is 1. The summed E-state index contributed by atoms with van der Waals surface area (Å²) in [5.41, 5.74) is 17.1. The molecule has 0 aromatic carbocycles. The second kappa shape index (κ2) is 12.4. The van der Waals surface area contributed by atoms with E-state index in [-0.39, 0.29) is 31.3 Å². The van der Waals surface area contributed by atoms with Crippen molar-refractivity contribution in [2.24, 2.45) is 28.1 Å². The molecule has 1 aromatic rings. The van der Waals surface area contributed by atoms with Crippen molar-refractivity contribution in [3.8, 4) is 0 Å². The highest BCUT2D eigenvalue weighted by atomic mass is 16.4. The van der Waals surface area contributed by atoms with E-state index in [1.54, 1.807) is 6.20 Å². The van der Waals surface area contributed by atoms with Gasteiger partial charge >= 0.3 is 5.97 Å². The van der Waals surface area contributed by atoms with Crippen LogP contribution in [0.1, 0.15) is 38.8 Å². The number of nitrogens with zero attached hydrogens (tertiary/aromatic N) is 2. The molecule has 12 heteroatoms. The van der Waals surface area contributed by atoms with Crippen LogP contribution in [0.3, 0.4) is 0 Å². The van der Waals surface area contributed by atoms with Crippen LogP contribution < -0.4 is 27.8 Å². The third-order valence-electron chi connectivity index (χ3n) is 4.23. The van der Waals surface area contributed by atoms with Gasteiger partial charge in [-0.25, -0.2) is 9.78 Å². The lowest BCUT2D eigenvalue weighted by atomic mass is 10.0. The minimum Gasteiger partial charge on any atom is -0.480 e. The lowest BCUT2D eigenvalue weighted by Crippen LogP contribution is -2.55. The SMILES string of the molecule is CC(C)C[C@H](NC(=O)[C@@H](N)Cc1cnc[nH]1)C(=O)N[C@@H](CCCN=C(N)N)C(=O)O. The third-order valence-corrected chi connectivity index (χ3v) is 4.23. The van der Waals surface area contributed by atoms with Gasteiger partial charge in [-0.05, 0) is 25.2 Å². The molecule has 0 unspecified atom stereocenters. The number of rotatable bonds is 13. The Morgan fingerprint density at radius 2 is 1.87 bits per heavy atom. The fraction of sp³-hybridized carbons (Fsp3) is 0.611. The van der Waals surface area contributed by atoms with Gasteiger partial charge in [0.15, 0.2) is 5.96 Å². The molecule has 0 saturated heterocycles. The highest BCUT2D eigenvalue weighted by molar-refractivity contribution is 5.91. The van der Waals surface area contributed by atoms with Gasteiger partial charge in [-0.15, -0.1) is 0 Å². The van der Waals surface area contributed by atoms with E-state index in [0.717, 1.165) is 0 Å². The summed E-state index contributed by atoms with van der Waals surface area (Å²) in [6, 6.07) is -2.93. The smallest absolute Gasteiger partial charge is 0.326 e. The molecule has 0 aliphatic rings. The lowest BCUT2D eigenvalue weighted by Gasteiger charge is -2.24. The van der Waals surface area contributed by atoms with Crippen molar-refractivity contribution < 1.29 is 19.5 Å². The van der Waals surface area contributed by atoms with Crippen molar-refractivity contribution in [1.82, 2.24) is 20.6 Å². The second-order valence-corrected chi connectivity index (χ2v) is 7.43. The standard InChI is InChI=1S/C18H32N8O4/c1-10(2)6-14(26-15(27)12(19)7-11-8-22-9-24-11)16(28)25-13(17(29)30)4-3-5-23-18(20)21/h8-10,12-14H,3-7,19H2,1-2H3,(H,22,24)(H,25,28)(H,26,27)(H,29,30)(H4,20,21,23)/t12-,13-,14-/m0/s1. The maximum absolute atomic E-state index is 12.7. The largest absolute Gasteiger partial charge is 0.480 e. The fourth-order valence-corrected chi connectivity index (χ4v) is 2.74. The maximum atomic E-state index is 12.7. The average Bonchev–Trinajstić information content (AvgIpc) is 3.15. The molecule has 168 valence electrons. The Morgan fingerprint density at radius 3 is 2.40 bits per heavy atom. The van der Waals surface area contributed by atoms with Gasteiger partial charge in [0, 0.05) is 24.9 Å². The normalized spacial score (nSPS) is 13.9. The third kappa shape index (κ3) is 9.37. The highest BCUT2D eigenvalue weighted by Gasteiger charge is 2.28. The Kier molecular flexibility index (Phi) is 10.3. The van der Waals surface area contributed by atoms with Gasteiger partial charge in [-0.2, -0.15) is 0 Å². The number of aromatic nitrogens is 2. The number of aliphatic imine (C=N–C) groups is 1. The van der Waals surface area contributed by atoms with E-state index in [0.29, 0.717) is 18.5 Å². The van der Waals surface area contributed by atoms with Crippen molar-refractivity contribution in [2.45, 2.75) is 57.7 Å². The molecule has 0 radical (unpaired) electrons. The Hall–Kier alpha value is -3.15. The maximum Gasteiger partial charge on any atom is 0.326 e. The topological polar surface area (TPSA) is 215 Å². The van der Waals surface area contributed by atoms with Crippen molar-refractivity contribution >= 4 is 23.7 Å². The molecule has 0 aliphatic carbocycles. The number of guanidine groups is 1. The molecule has 10 N–H and O–H groups in total. The molecule has 30 heavy (non-hydrogen) atoms. The number of aliphatic carboxylic acids is 1. The van der Waals surface area contributed by atoms with E-state index in [4.69, 9.17) is 17.2 Å². The number of nitrogens with two attached hydrogens (primary N) is 3. The molecule has 1 aromatic heterocycles. The van der Waals surface area contributed by atoms with E-state index < -0.39 is 35.9 Å². The van der Waals surface area contributed by atoms with Gasteiger partial charge in [0.05, 0.1) is 12.4 Å². The van der Waals surface area contributed by atoms with E-state index >= 15 is 0 Å². The van der Waals surface area contributed by atoms with Crippen LogP contribution >= 0.6 is 0 Å². The number of nitrogens with one attached hydrogen (secondary N) is 3. The van der Waals surface area contributed by atoms with Crippen LogP contribution in [0.15, 0.2) is 17.5 Å². The van der Waals surface area contributed by atoms with E-state index in [1.807, 2.05) is 13.8 Å². The van der Waals surface area contributed by atoms with Crippen molar-refractivity contribution in [1.29, 1.82) is 0 Å². The summed E-state index contributed by atoms with van der Waals surface area (Å²) < 4.78 is 0. The predicted octanol–water partition coefficient (Wildman–Crippen LogP) is -1.57. The summed E-state index contributed by atoms with van der Waals surface area (Å²) in [4.78, 5) is 47.2. The molecular formula is C18H32N8O4. The molecule has 2 amide bonds. The molecule has 0 spiro atoms. The van der Waals surface area contributed by atoms with Crippen molar-refractivity contribution in [3.05, 3.63) is 18.2 Å². The number of hydrogen-bond acceptors (Lipinski definition) is 6. The summed E-state index contributed by atoms with van der Waals surface area (Å²) in [5, 5.41) is 14.5. The van der Waals surface area contributed by atoms with Crippen molar-refractivity contribution in [3.63, 3.8) is 0 Å². The Morgan fingerprint density at radius 1 is 1.20 bits per heavy atom. The summed E-state index contributed by atoms with van der Waals surface area (Å²) in [5.74, 6) is -2.28. The van der Waals surface area contributed by atoms with Gasteiger partial charge in [0.1, 0.15) is 12.1 Å². The Bertz CT molecular complexity index is 716. The number of hydrogen-bond donors (Lipinski definition) is 7. The first-order valence-electron chi connectivity index (χ1n) is 9.71. The second-order valence-electron chi connectivity index (χ2n) is 7.43. The van der Waals surface area contributed by atoms with Gasteiger partial charge in [-0.3, -0.25) is 14.6 Å². The number of carboxylic acid groups (broad SMARTS) is 1. The summed E-state index contributed by atoms with van der Waals surface area (Å²) >= 11 is 0. The molecule has 1 rings (SSSR count). The van der Waals surface area contributed by atoms with Crippen LogP contribution in [-0.4, -0.2) is 63.5 Å². The van der Waals surface area contributed by atoms with E-state index in [2.05, 4.69) is 25.6 Å². The van der Waals surface area contributed by atoms with E-state index in [9.17, 15) is 19.5 Å². The molecule has 1 heterocycles. The van der Waals surface area contributed by atoms with Crippen LogP contribution in [0.2, 0.25) is 0 Å². The molecule has 3 atom stereocenters. The summed E-state index contributed by atoms with van der Waals surface area (Å²) in [7, 11) is 0. The molecule has 0 fully saturated rings. The van der Waals surface area contributed by atoms with Crippen molar-refractivity contribution in [2.75, 3.05) is 6.54 Å². The summed E-state index contributed by atoms with van der Waals surface area (Å²) in [6.45, 7) is 4.03.